The van der Waals surface area contributed by atoms with Gasteiger partial charge in [-0.25, -0.2) is 0 Å². The minimum atomic E-state index is -0.505. The molecule has 0 saturated carbocycles. The monoisotopic (exact) mass is 412 g/mol. The maximum absolute atomic E-state index is 12.1. The molecule has 106 valence electrons. The quantitative estimate of drug-likeness (QED) is 0.462. The number of aryl methyl sites for hydroxylation is 1. The maximum Gasteiger partial charge on any atom is 0.266 e. The Morgan fingerprint density at radius 1 is 1.43 bits per heavy atom. The van der Waals surface area contributed by atoms with Crippen LogP contribution in [0.4, 0.5) is 5.69 Å². The molecule has 0 unspecified atom stereocenters. The molecule has 2 aromatic rings. The van der Waals surface area contributed by atoms with E-state index >= 15 is 0 Å². The molecule has 0 fully saturated rings. The zero-order valence-electron chi connectivity index (χ0n) is 11.0. The standard InChI is InChI=1S/C15H10ClIN2O2/c1-9-2-3-11(16)7-13(9)19-15(20)10(8-18)6-12-4-5-14(17)21-12/h2-7H,1H3,(H,19,20). The number of furan rings is 1. The first-order valence-electron chi connectivity index (χ1n) is 5.94. The molecule has 1 amide bonds. The largest absolute Gasteiger partial charge is 0.451 e. The van der Waals surface area contributed by atoms with Crippen LogP contribution in [0.5, 0.6) is 0 Å². The molecule has 0 spiro atoms. The summed E-state index contributed by atoms with van der Waals surface area (Å²) in [7, 11) is 0. The number of halogens is 2. The summed E-state index contributed by atoms with van der Waals surface area (Å²) in [5.41, 5.74) is 1.39. The molecule has 0 bridgehead atoms. The highest BCUT2D eigenvalue weighted by Crippen LogP contribution is 2.21. The molecule has 1 aromatic carbocycles. The van der Waals surface area contributed by atoms with Gasteiger partial charge >= 0.3 is 0 Å². The Kier molecular flexibility index (Phi) is 5.04. The van der Waals surface area contributed by atoms with Crippen LogP contribution in [0.2, 0.25) is 5.02 Å². The molecule has 0 saturated heterocycles. The minimum Gasteiger partial charge on any atom is -0.451 e. The molecule has 0 radical (unpaired) electrons. The van der Waals surface area contributed by atoms with E-state index in [-0.39, 0.29) is 5.57 Å². The third kappa shape index (κ3) is 4.09. The van der Waals surface area contributed by atoms with Crippen LogP contribution in [0.1, 0.15) is 11.3 Å². The van der Waals surface area contributed by atoms with Crippen molar-refractivity contribution in [2.75, 3.05) is 5.32 Å². The first-order valence-corrected chi connectivity index (χ1v) is 7.40. The molecule has 1 N–H and O–H groups in total. The van der Waals surface area contributed by atoms with E-state index in [4.69, 9.17) is 21.3 Å². The van der Waals surface area contributed by atoms with Gasteiger partial charge in [-0.05, 0) is 59.3 Å². The van der Waals surface area contributed by atoms with Crippen LogP contribution in [-0.4, -0.2) is 5.91 Å². The maximum atomic E-state index is 12.1. The van der Waals surface area contributed by atoms with E-state index in [1.807, 2.05) is 35.6 Å². The number of nitrogens with one attached hydrogen (secondary N) is 1. The van der Waals surface area contributed by atoms with Crippen LogP contribution < -0.4 is 5.32 Å². The van der Waals surface area contributed by atoms with E-state index in [0.29, 0.717) is 20.2 Å². The third-order valence-corrected chi connectivity index (χ3v) is 3.51. The summed E-state index contributed by atoms with van der Waals surface area (Å²) in [6, 6.07) is 10.5. The van der Waals surface area contributed by atoms with Crippen molar-refractivity contribution < 1.29 is 9.21 Å². The summed E-state index contributed by atoms with van der Waals surface area (Å²) < 4.78 is 6.00. The molecule has 0 atom stereocenters. The molecular formula is C15H10ClIN2O2. The average Bonchev–Trinajstić information content (AvgIpc) is 2.85. The van der Waals surface area contributed by atoms with Crippen molar-refractivity contribution in [1.82, 2.24) is 0 Å². The van der Waals surface area contributed by atoms with Crippen molar-refractivity contribution in [2.45, 2.75) is 6.92 Å². The Labute approximate surface area is 140 Å². The number of carbonyl (C=O) groups excluding carboxylic acids is 1. The zero-order valence-corrected chi connectivity index (χ0v) is 13.9. The summed E-state index contributed by atoms with van der Waals surface area (Å²) in [6.45, 7) is 1.84. The van der Waals surface area contributed by atoms with Crippen LogP contribution in [0, 0.1) is 22.0 Å². The van der Waals surface area contributed by atoms with E-state index in [0.717, 1.165) is 5.56 Å². The fourth-order valence-electron chi connectivity index (χ4n) is 1.62. The van der Waals surface area contributed by atoms with Gasteiger partial charge in [0.1, 0.15) is 17.4 Å². The van der Waals surface area contributed by atoms with Crippen molar-refractivity contribution in [2.24, 2.45) is 0 Å². The number of rotatable bonds is 3. The Hall–Kier alpha value is -1.78. The van der Waals surface area contributed by atoms with Gasteiger partial charge in [0, 0.05) is 16.8 Å². The van der Waals surface area contributed by atoms with E-state index in [1.165, 1.54) is 6.08 Å². The van der Waals surface area contributed by atoms with Crippen LogP contribution in [0.3, 0.4) is 0 Å². The van der Waals surface area contributed by atoms with Gasteiger partial charge in [-0.2, -0.15) is 5.26 Å². The lowest BCUT2D eigenvalue weighted by Gasteiger charge is -2.07. The summed E-state index contributed by atoms with van der Waals surface area (Å²) in [6.07, 6.45) is 1.40. The van der Waals surface area contributed by atoms with Gasteiger partial charge in [0.15, 0.2) is 3.77 Å². The highest BCUT2D eigenvalue weighted by atomic mass is 127. The van der Waals surface area contributed by atoms with Crippen molar-refractivity contribution in [3.8, 4) is 6.07 Å². The van der Waals surface area contributed by atoms with Gasteiger partial charge in [-0.15, -0.1) is 0 Å². The predicted molar refractivity (Wildman–Crippen MR) is 89.8 cm³/mol. The fraction of sp³-hybridized carbons (Fsp3) is 0.0667. The van der Waals surface area contributed by atoms with E-state index < -0.39 is 5.91 Å². The summed E-state index contributed by atoms with van der Waals surface area (Å²) in [4.78, 5) is 12.1. The van der Waals surface area contributed by atoms with Crippen molar-refractivity contribution in [3.63, 3.8) is 0 Å². The van der Waals surface area contributed by atoms with Gasteiger partial charge in [0.25, 0.3) is 5.91 Å². The third-order valence-electron chi connectivity index (χ3n) is 2.69. The molecular weight excluding hydrogens is 403 g/mol. The smallest absolute Gasteiger partial charge is 0.266 e. The number of carbonyl (C=O) groups is 1. The summed E-state index contributed by atoms with van der Waals surface area (Å²) in [5.74, 6) is -0.0526. The molecule has 21 heavy (non-hydrogen) atoms. The Balaban J connectivity index is 2.23. The number of nitrogens with zero attached hydrogens (tertiary/aromatic N) is 1. The number of nitriles is 1. The van der Waals surface area contributed by atoms with Gasteiger partial charge < -0.3 is 9.73 Å². The molecule has 2 rings (SSSR count). The zero-order chi connectivity index (χ0) is 15.4. The molecule has 0 aliphatic carbocycles. The normalized spacial score (nSPS) is 11.0. The van der Waals surface area contributed by atoms with Gasteiger partial charge in [0.2, 0.25) is 0 Å². The van der Waals surface area contributed by atoms with Crippen LogP contribution in [0.25, 0.3) is 6.08 Å². The molecule has 0 aliphatic rings. The second kappa shape index (κ2) is 6.78. The van der Waals surface area contributed by atoms with Crippen LogP contribution in [-0.2, 0) is 4.79 Å². The predicted octanol–water partition coefficient (Wildman–Crippen LogP) is 4.39. The Morgan fingerprint density at radius 3 is 2.81 bits per heavy atom. The van der Waals surface area contributed by atoms with Crippen molar-refractivity contribution in [1.29, 1.82) is 5.26 Å². The van der Waals surface area contributed by atoms with Gasteiger partial charge in [-0.3, -0.25) is 4.79 Å². The first-order chi connectivity index (χ1) is 9.99. The van der Waals surface area contributed by atoms with Crippen LogP contribution in [0.15, 0.2) is 40.3 Å². The van der Waals surface area contributed by atoms with E-state index in [2.05, 4.69) is 5.32 Å². The molecule has 1 aromatic heterocycles. The lowest BCUT2D eigenvalue weighted by molar-refractivity contribution is -0.112. The number of hydrogen-bond donors (Lipinski definition) is 1. The fourth-order valence-corrected chi connectivity index (χ4v) is 2.22. The minimum absolute atomic E-state index is 0.0416. The van der Waals surface area contributed by atoms with Gasteiger partial charge in [0.05, 0.1) is 0 Å². The molecule has 6 heteroatoms. The Morgan fingerprint density at radius 2 is 2.19 bits per heavy atom. The number of amides is 1. The lowest BCUT2D eigenvalue weighted by atomic mass is 10.1. The lowest BCUT2D eigenvalue weighted by Crippen LogP contribution is -2.14. The SMILES string of the molecule is Cc1ccc(Cl)cc1NC(=O)C(C#N)=Cc1ccc(I)o1. The number of hydrogen-bond acceptors (Lipinski definition) is 3. The number of benzene rings is 1. The first kappa shape index (κ1) is 15.6. The van der Waals surface area contributed by atoms with Crippen LogP contribution >= 0.6 is 34.2 Å². The summed E-state index contributed by atoms with van der Waals surface area (Å²) in [5, 5.41) is 12.3. The van der Waals surface area contributed by atoms with Gasteiger partial charge in [-0.1, -0.05) is 17.7 Å². The highest BCUT2D eigenvalue weighted by molar-refractivity contribution is 14.1. The number of anilines is 1. The molecule has 1 heterocycles. The molecule has 4 nitrogen and oxygen atoms in total. The Bertz CT molecular complexity index is 759. The highest BCUT2D eigenvalue weighted by Gasteiger charge is 2.12. The average molecular weight is 413 g/mol. The second-order valence-electron chi connectivity index (χ2n) is 4.23. The van der Waals surface area contributed by atoms with E-state index in [1.54, 1.807) is 30.3 Å². The topological polar surface area (TPSA) is 66.0 Å². The second-order valence-corrected chi connectivity index (χ2v) is 5.72. The van der Waals surface area contributed by atoms with Crippen molar-refractivity contribution in [3.05, 3.63) is 56.0 Å². The van der Waals surface area contributed by atoms with Crippen molar-refractivity contribution >= 4 is 51.9 Å². The summed E-state index contributed by atoms with van der Waals surface area (Å²) >= 11 is 7.91. The molecule has 0 aliphatic heterocycles. The van der Waals surface area contributed by atoms with E-state index in [9.17, 15) is 4.79 Å².